The fourth-order valence-corrected chi connectivity index (χ4v) is 3.56. The van der Waals surface area contributed by atoms with E-state index in [1.54, 1.807) is 20.8 Å². The van der Waals surface area contributed by atoms with E-state index >= 15 is 0 Å². The SMILES string of the molecule is CCCCCNC(=O)C(c1ccc(C)cc1)N(C(=O)C(CO)NC(=O)OC(C)(C)C)C1CC1. The van der Waals surface area contributed by atoms with E-state index in [0.717, 1.165) is 37.7 Å². The number of ether oxygens (including phenoxy) is 1. The highest BCUT2D eigenvalue weighted by molar-refractivity contribution is 5.92. The summed E-state index contributed by atoms with van der Waals surface area (Å²) in [6, 6.07) is 5.34. The lowest BCUT2D eigenvalue weighted by Gasteiger charge is -2.34. The summed E-state index contributed by atoms with van der Waals surface area (Å²) in [6.07, 6.45) is 3.65. The monoisotopic (exact) mass is 461 g/mol. The molecule has 8 heteroatoms. The maximum atomic E-state index is 13.5. The number of hydrogen-bond acceptors (Lipinski definition) is 5. The lowest BCUT2D eigenvalue weighted by molar-refractivity contribution is -0.144. The molecular weight excluding hydrogens is 422 g/mol. The minimum atomic E-state index is -1.21. The summed E-state index contributed by atoms with van der Waals surface area (Å²) < 4.78 is 5.25. The first-order chi connectivity index (χ1) is 15.6. The van der Waals surface area contributed by atoms with Crippen LogP contribution in [0.5, 0.6) is 0 Å². The van der Waals surface area contributed by atoms with E-state index in [1.807, 2.05) is 31.2 Å². The number of rotatable bonds is 11. The molecule has 2 rings (SSSR count). The standard InChI is InChI=1S/C25H39N3O5/c1-6-7-8-15-26-22(30)21(18-11-9-17(2)10-12-18)28(19-13-14-19)23(31)20(16-29)27-24(32)33-25(3,4)5/h9-12,19-21,29H,6-8,13-16H2,1-5H3,(H,26,30)(H,27,32). The average molecular weight is 462 g/mol. The number of aliphatic hydroxyl groups is 1. The number of aryl methyl sites for hydroxylation is 1. The highest BCUT2D eigenvalue weighted by Crippen LogP contribution is 2.35. The molecule has 1 aromatic carbocycles. The van der Waals surface area contributed by atoms with Gasteiger partial charge in [-0.2, -0.15) is 0 Å². The largest absolute Gasteiger partial charge is 0.444 e. The van der Waals surface area contributed by atoms with E-state index in [4.69, 9.17) is 4.74 Å². The van der Waals surface area contributed by atoms with Crippen LogP contribution in [0.3, 0.4) is 0 Å². The highest BCUT2D eigenvalue weighted by Gasteiger charge is 2.43. The number of amides is 3. The number of carbonyl (C=O) groups excluding carboxylic acids is 3. The third kappa shape index (κ3) is 8.35. The number of aliphatic hydroxyl groups excluding tert-OH is 1. The van der Waals surface area contributed by atoms with Gasteiger partial charge in [-0.15, -0.1) is 0 Å². The first kappa shape index (κ1) is 26.6. The van der Waals surface area contributed by atoms with Gasteiger partial charge in [0.2, 0.25) is 11.8 Å². The summed E-state index contributed by atoms with van der Waals surface area (Å²) in [5.41, 5.74) is 0.999. The Labute approximate surface area is 197 Å². The zero-order chi connectivity index (χ0) is 24.6. The van der Waals surface area contributed by atoms with Crippen LogP contribution in [0, 0.1) is 6.92 Å². The molecule has 0 bridgehead atoms. The summed E-state index contributed by atoms with van der Waals surface area (Å²) >= 11 is 0. The Morgan fingerprint density at radius 2 is 1.79 bits per heavy atom. The Hall–Kier alpha value is -2.61. The molecule has 1 saturated carbocycles. The molecule has 1 aromatic rings. The fraction of sp³-hybridized carbons (Fsp3) is 0.640. The first-order valence-corrected chi connectivity index (χ1v) is 11.8. The maximum Gasteiger partial charge on any atom is 0.408 e. The summed E-state index contributed by atoms with van der Waals surface area (Å²) in [7, 11) is 0. The normalized spacial score (nSPS) is 15.3. The molecule has 3 N–H and O–H groups in total. The van der Waals surface area contributed by atoms with Crippen molar-refractivity contribution in [1.82, 2.24) is 15.5 Å². The number of benzene rings is 1. The Kier molecular flexibility index (Phi) is 9.70. The van der Waals surface area contributed by atoms with Gasteiger partial charge in [-0.25, -0.2) is 4.79 Å². The second-order valence-corrected chi connectivity index (χ2v) is 9.67. The van der Waals surface area contributed by atoms with Gasteiger partial charge < -0.3 is 25.4 Å². The van der Waals surface area contributed by atoms with Crippen LogP contribution in [0.25, 0.3) is 0 Å². The van der Waals surface area contributed by atoms with Gasteiger partial charge in [0, 0.05) is 12.6 Å². The highest BCUT2D eigenvalue weighted by atomic mass is 16.6. The number of nitrogens with one attached hydrogen (secondary N) is 2. The minimum absolute atomic E-state index is 0.125. The molecule has 1 aliphatic rings. The van der Waals surface area contributed by atoms with Crippen molar-refractivity contribution in [3.63, 3.8) is 0 Å². The predicted molar refractivity (Wildman–Crippen MR) is 127 cm³/mol. The summed E-state index contributed by atoms with van der Waals surface area (Å²) in [4.78, 5) is 40.6. The molecule has 2 atom stereocenters. The number of unbranched alkanes of at least 4 members (excludes halogenated alkanes) is 2. The second-order valence-electron chi connectivity index (χ2n) is 9.67. The average Bonchev–Trinajstić information content (AvgIpc) is 3.57. The summed E-state index contributed by atoms with van der Waals surface area (Å²) in [6.45, 7) is 9.14. The smallest absolute Gasteiger partial charge is 0.408 e. The molecule has 184 valence electrons. The molecule has 2 unspecified atom stereocenters. The van der Waals surface area contributed by atoms with Crippen molar-refractivity contribution in [2.75, 3.05) is 13.2 Å². The predicted octanol–water partition coefficient (Wildman–Crippen LogP) is 3.22. The van der Waals surface area contributed by atoms with Crippen LogP contribution in [-0.4, -0.2) is 58.8 Å². The van der Waals surface area contributed by atoms with Crippen LogP contribution >= 0.6 is 0 Å². The number of nitrogens with zero attached hydrogens (tertiary/aromatic N) is 1. The number of carbonyl (C=O) groups is 3. The topological polar surface area (TPSA) is 108 Å². The van der Waals surface area contributed by atoms with E-state index < -0.39 is 36.3 Å². The van der Waals surface area contributed by atoms with Gasteiger partial charge in [-0.1, -0.05) is 49.6 Å². The van der Waals surface area contributed by atoms with Crippen LogP contribution in [0.1, 0.15) is 77.0 Å². The summed E-state index contributed by atoms with van der Waals surface area (Å²) in [5, 5.41) is 15.3. The molecule has 3 amide bonds. The first-order valence-electron chi connectivity index (χ1n) is 11.8. The number of alkyl carbamates (subject to hydrolysis) is 1. The third-order valence-corrected chi connectivity index (χ3v) is 5.37. The molecule has 1 fully saturated rings. The van der Waals surface area contributed by atoms with Crippen LogP contribution in [-0.2, 0) is 14.3 Å². The van der Waals surface area contributed by atoms with Crippen molar-refractivity contribution in [2.45, 2.75) is 90.4 Å². The maximum absolute atomic E-state index is 13.5. The molecule has 8 nitrogen and oxygen atoms in total. The van der Waals surface area contributed by atoms with Crippen LogP contribution in [0.2, 0.25) is 0 Å². The van der Waals surface area contributed by atoms with E-state index in [9.17, 15) is 19.5 Å². The lowest BCUT2D eigenvalue weighted by Crippen LogP contribution is -2.55. The van der Waals surface area contributed by atoms with E-state index in [0.29, 0.717) is 12.1 Å². The van der Waals surface area contributed by atoms with Crippen LogP contribution in [0.4, 0.5) is 4.79 Å². The van der Waals surface area contributed by atoms with E-state index in [2.05, 4.69) is 17.6 Å². The van der Waals surface area contributed by atoms with Crippen molar-refractivity contribution in [3.05, 3.63) is 35.4 Å². The summed E-state index contributed by atoms with van der Waals surface area (Å²) in [5.74, 6) is -0.760. The molecule has 0 radical (unpaired) electrons. The lowest BCUT2D eigenvalue weighted by atomic mass is 10.0. The van der Waals surface area contributed by atoms with Gasteiger partial charge in [-0.3, -0.25) is 9.59 Å². The van der Waals surface area contributed by atoms with Crippen molar-refractivity contribution in [1.29, 1.82) is 0 Å². The van der Waals surface area contributed by atoms with Crippen molar-refractivity contribution >= 4 is 17.9 Å². The Bertz CT molecular complexity index is 799. The minimum Gasteiger partial charge on any atom is -0.444 e. The molecule has 1 aliphatic carbocycles. The quantitative estimate of drug-likeness (QED) is 0.439. The van der Waals surface area contributed by atoms with Gasteiger partial charge in [0.25, 0.3) is 0 Å². The van der Waals surface area contributed by atoms with E-state index in [1.165, 1.54) is 4.90 Å². The fourth-order valence-electron chi connectivity index (χ4n) is 3.56. The number of hydrogen-bond donors (Lipinski definition) is 3. The molecule has 0 aliphatic heterocycles. The van der Waals surface area contributed by atoms with Crippen molar-refractivity contribution in [3.8, 4) is 0 Å². The van der Waals surface area contributed by atoms with Crippen molar-refractivity contribution in [2.24, 2.45) is 0 Å². The zero-order valence-electron chi connectivity index (χ0n) is 20.5. The molecule has 33 heavy (non-hydrogen) atoms. The van der Waals surface area contributed by atoms with Crippen LogP contribution in [0.15, 0.2) is 24.3 Å². The Morgan fingerprint density at radius 1 is 1.15 bits per heavy atom. The second kappa shape index (κ2) is 12.0. The van der Waals surface area contributed by atoms with Gasteiger partial charge in [-0.05, 0) is 52.5 Å². The zero-order valence-corrected chi connectivity index (χ0v) is 20.5. The molecule has 0 saturated heterocycles. The molecule has 0 spiro atoms. The molecule has 0 heterocycles. The van der Waals surface area contributed by atoms with Gasteiger partial charge in [0.15, 0.2) is 0 Å². The molecular formula is C25H39N3O5. The van der Waals surface area contributed by atoms with Crippen molar-refractivity contribution < 1.29 is 24.2 Å². The Balaban J connectivity index is 2.29. The molecule has 0 aromatic heterocycles. The van der Waals surface area contributed by atoms with E-state index in [-0.39, 0.29) is 11.9 Å². The Morgan fingerprint density at radius 3 is 2.30 bits per heavy atom. The van der Waals surface area contributed by atoms with Crippen LogP contribution < -0.4 is 10.6 Å². The van der Waals surface area contributed by atoms with Gasteiger partial charge in [0.1, 0.15) is 17.7 Å². The van der Waals surface area contributed by atoms with Gasteiger partial charge >= 0.3 is 6.09 Å². The van der Waals surface area contributed by atoms with Gasteiger partial charge in [0.05, 0.1) is 6.61 Å². The third-order valence-electron chi connectivity index (χ3n) is 5.37.